The maximum absolute atomic E-state index is 12.6. The first-order chi connectivity index (χ1) is 9.30. The van der Waals surface area contributed by atoms with Crippen molar-refractivity contribution in [2.24, 2.45) is 5.41 Å². The highest BCUT2D eigenvalue weighted by atomic mass is 35.5. The number of benzene rings is 1. The standard InChI is InChI=1S/C16H21Cl2NO/c1-11(19-8-4-7-16(2,3)10-19)15(20)13-6-5-12(17)9-14(13)18/h5-6,9,11H,4,7-8,10H2,1-3H3. The Bertz CT molecular complexity index is 513. The first kappa shape index (κ1) is 15.8. The maximum Gasteiger partial charge on any atom is 0.181 e. The van der Waals surface area contributed by atoms with E-state index in [1.807, 2.05) is 6.92 Å². The van der Waals surface area contributed by atoms with Gasteiger partial charge in [0.2, 0.25) is 0 Å². The van der Waals surface area contributed by atoms with Crippen LogP contribution in [0.25, 0.3) is 0 Å². The van der Waals surface area contributed by atoms with Crippen molar-refractivity contribution in [1.29, 1.82) is 0 Å². The Morgan fingerprint density at radius 1 is 1.35 bits per heavy atom. The molecule has 0 aliphatic carbocycles. The van der Waals surface area contributed by atoms with Gasteiger partial charge in [-0.1, -0.05) is 37.0 Å². The van der Waals surface area contributed by atoms with Crippen molar-refractivity contribution in [1.82, 2.24) is 4.90 Å². The smallest absolute Gasteiger partial charge is 0.181 e. The molecule has 1 heterocycles. The molecular formula is C16H21Cl2NO. The van der Waals surface area contributed by atoms with E-state index in [4.69, 9.17) is 23.2 Å². The number of carbonyl (C=O) groups is 1. The molecule has 0 bridgehead atoms. The van der Waals surface area contributed by atoms with Crippen LogP contribution in [0.15, 0.2) is 18.2 Å². The average Bonchev–Trinajstić information content (AvgIpc) is 2.36. The zero-order chi connectivity index (χ0) is 14.9. The number of hydrogen-bond acceptors (Lipinski definition) is 2. The van der Waals surface area contributed by atoms with E-state index in [1.165, 1.54) is 6.42 Å². The maximum atomic E-state index is 12.6. The first-order valence-electron chi connectivity index (χ1n) is 7.03. The molecule has 0 saturated carbocycles. The van der Waals surface area contributed by atoms with Crippen molar-refractivity contribution in [2.75, 3.05) is 13.1 Å². The fourth-order valence-electron chi connectivity index (χ4n) is 2.88. The van der Waals surface area contributed by atoms with Crippen LogP contribution < -0.4 is 0 Å². The zero-order valence-corrected chi connectivity index (χ0v) is 13.8. The molecule has 0 radical (unpaired) electrons. The Morgan fingerprint density at radius 3 is 2.65 bits per heavy atom. The molecule has 0 spiro atoms. The Balaban J connectivity index is 2.16. The largest absolute Gasteiger partial charge is 0.293 e. The number of halogens is 2. The van der Waals surface area contributed by atoms with Crippen molar-refractivity contribution in [3.8, 4) is 0 Å². The summed E-state index contributed by atoms with van der Waals surface area (Å²) >= 11 is 12.0. The molecular weight excluding hydrogens is 293 g/mol. The van der Waals surface area contributed by atoms with E-state index in [9.17, 15) is 4.79 Å². The minimum absolute atomic E-state index is 0.0735. The fourth-order valence-corrected chi connectivity index (χ4v) is 3.38. The van der Waals surface area contributed by atoms with Crippen LogP contribution in [0.3, 0.4) is 0 Å². The number of ketones is 1. The first-order valence-corrected chi connectivity index (χ1v) is 7.79. The number of nitrogens with zero attached hydrogens (tertiary/aromatic N) is 1. The highest BCUT2D eigenvalue weighted by molar-refractivity contribution is 6.37. The van der Waals surface area contributed by atoms with Gasteiger partial charge in [-0.15, -0.1) is 0 Å². The molecule has 1 aliphatic rings. The van der Waals surface area contributed by atoms with Gasteiger partial charge in [0.05, 0.1) is 11.1 Å². The molecule has 1 aromatic carbocycles. The normalized spacial score (nSPS) is 20.6. The van der Waals surface area contributed by atoms with Crippen molar-refractivity contribution in [3.05, 3.63) is 33.8 Å². The topological polar surface area (TPSA) is 20.3 Å². The van der Waals surface area contributed by atoms with Crippen LogP contribution in [0.5, 0.6) is 0 Å². The molecule has 0 N–H and O–H groups in total. The molecule has 2 nitrogen and oxygen atoms in total. The molecule has 1 aliphatic heterocycles. The number of likely N-dealkylation sites (tertiary alicyclic amines) is 1. The van der Waals surface area contributed by atoms with Gasteiger partial charge in [-0.25, -0.2) is 0 Å². The highest BCUT2D eigenvalue weighted by Crippen LogP contribution is 2.31. The molecule has 1 unspecified atom stereocenters. The monoisotopic (exact) mass is 313 g/mol. The third-order valence-corrected chi connectivity index (χ3v) is 4.60. The fraction of sp³-hybridized carbons (Fsp3) is 0.562. The molecule has 0 amide bonds. The summed E-state index contributed by atoms with van der Waals surface area (Å²) in [4.78, 5) is 14.9. The summed E-state index contributed by atoms with van der Waals surface area (Å²) in [5, 5.41) is 0.990. The quantitative estimate of drug-likeness (QED) is 0.755. The van der Waals surface area contributed by atoms with E-state index in [0.717, 1.165) is 19.5 Å². The van der Waals surface area contributed by atoms with Gasteiger partial charge in [0.25, 0.3) is 0 Å². The van der Waals surface area contributed by atoms with Crippen LogP contribution >= 0.6 is 23.2 Å². The predicted molar refractivity (Wildman–Crippen MR) is 84.8 cm³/mol. The van der Waals surface area contributed by atoms with Gasteiger partial charge in [-0.05, 0) is 49.9 Å². The second kappa shape index (κ2) is 6.05. The van der Waals surface area contributed by atoms with Gasteiger partial charge in [-0.3, -0.25) is 9.69 Å². The lowest BCUT2D eigenvalue weighted by atomic mass is 9.83. The van der Waals surface area contributed by atoms with Gasteiger partial charge >= 0.3 is 0 Å². The number of rotatable bonds is 3. The van der Waals surface area contributed by atoms with Gasteiger partial charge in [0, 0.05) is 17.1 Å². The number of hydrogen-bond donors (Lipinski definition) is 0. The van der Waals surface area contributed by atoms with Crippen LogP contribution in [0.2, 0.25) is 10.0 Å². The van der Waals surface area contributed by atoms with Crippen molar-refractivity contribution >= 4 is 29.0 Å². The number of Topliss-reactive ketones (excluding diaryl/α,β-unsaturated/α-hetero) is 1. The summed E-state index contributed by atoms with van der Waals surface area (Å²) < 4.78 is 0. The lowest BCUT2D eigenvalue weighted by molar-refractivity contribution is 0.0626. The van der Waals surface area contributed by atoms with Crippen LogP contribution in [0, 0.1) is 5.41 Å². The van der Waals surface area contributed by atoms with Gasteiger partial charge in [0.15, 0.2) is 5.78 Å². The minimum Gasteiger partial charge on any atom is -0.293 e. The molecule has 20 heavy (non-hydrogen) atoms. The second-order valence-electron chi connectivity index (χ2n) is 6.40. The molecule has 2 rings (SSSR count). The van der Waals surface area contributed by atoms with E-state index in [0.29, 0.717) is 15.6 Å². The SMILES string of the molecule is CC(C(=O)c1ccc(Cl)cc1Cl)N1CCCC(C)(C)C1. The third-order valence-electron chi connectivity index (χ3n) is 4.05. The molecule has 4 heteroatoms. The zero-order valence-electron chi connectivity index (χ0n) is 12.2. The Kier molecular flexibility index (Phi) is 4.78. The molecule has 1 saturated heterocycles. The molecule has 110 valence electrons. The number of piperidine rings is 1. The van der Waals surface area contributed by atoms with E-state index in [1.54, 1.807) is 18.2 Å². The van der Waals surface area contributed by atoms with E-state index >= 15 is 0 Å². The molecule has 0 aromatic heterocycles. The van der Waals surface area contributed by atoms with E-state index < -0.39 is 0 Å². The summed E-state index contributed by atoms with van der Waals surface area (Å²) in [7, 11) is 0. The second-order valence-corrected chi connectivity index (χ2v) is 7.25. The van der Waals surface area contributed by atoms with Gasteiger partial charge in [-0.2, -0.15) is 0 Å². The van der Waals surface area contributed by atoms with E-state index in [-0.39, 0.29) is 17.2 Å². The lowest BCUT2D eigenvalue weighted by Crippen LogP contribution is -2.47. The van der Waals surface area contributed by atoms with Crippen molar-refractivity contribution < 1.29 is 4.79 Å². The molecule has 1 fully saturated rings. The summed E-state index contributed by atoms with van der Waals surface area (Å²) in [5.41, 5.74) is 0.836. The van der Waals surface area contributed by atoms with Gasteiger partial charge in [0.1, 0.15) is 0 Å². The Hall–Kier alpha value is -0.570. The van der Waals surface area contributed by atoms with Crippen LogP contribution in [0.4, 0.5) is 0 Å². The van der Waals surface area contributed by atoms with Gasteiger partial charge < -0.3 is 0 Å². The minimum atomic E-state index is -0.145. The average molecular weight is 314 g/mol. The lowest BCUT2D eigenvalue weighted by Gasteiger charge is -2.40. The third kappa shape index (κ3) is 3.55. The Labute approximate surface area is 131 Å². The van der Waals surface area contributed by atoms with Crippen LogP contribution in [0.1, 0.15) is 44.0 Å². The van der Waals surface area contributed by atoms with Crippen molar-refractivity contribution in [2.45, 2.75) is 39.7 Å². The molecule has 1 atom stereocenters. The summed E-state index contributed by atoms with van der Waals surface area (Å²) in [6.45, 7) is 8.40. The summed E-state index contributed by atoms with van der Waals surface area (Å²) in [6.07, 6.45) is 2.35. The van der Waals surface area contributed by atoms with Crippen molar-refractivity contribution in [3.63, 3.8) is 0 Å². The van der Waals surface area contributed by atoms with Crippen LogP contribution in [-0.2, 0) is 0 Å². The summed E-state index contributed by atoms with van der Waals surface area (Å²) in [5.74, 6) is 0.0735. The van der Waals surface area contributed by atoms with Crippen LogP contribution in [-0.4, -0.2) is 29.8 Å². The predicted octanol–water partition coefficient (Wildman–Crippen LogP) is 4.69. The highest BCUT2D eigenvalue weighted by Gasteiger charge is 2.32. The Morgan fingerprint density at radius 2 is 2.05 bits per heavy atom. The summed E-state index contributed by atoms with van der Waals surface area (Å²) in [6, 6.07) is 4.92. The molecule has 1 aromatic rings. The van der Waals surface area contributed by atoms with E-state index in [2.05, 4.69) is 18.7 Å². The number of carbonyl (C=O) groups excluding carboxylic acids is 1.